The highest BCUT2D eigenvalue weighted by Gasteiger charge is 2.32. The number of pyridine rings is 1. The molecule has 0 fully saturated rings. The molecular formula is C13H7F5N2O. The Balaban J connectivity index is 2.28. The fraction of sp³-hybridized carbons (Fsp3) is 0.0769. The zero-order chi connectivity index (χ0) is 15.6. The first-order chi connectivity index (χ1) is 9.77. The molecule has 0 spiro atoms. The van der Waals surface area contributed by atoms with Crippen molar-refractivity contribution < 1.29 is 26.7 Å². The van der Waals surface area contributed by atoms with Crippen LogP contribution in [0.15, 0.2) is 36.5 Å². The van der Waals surface area contributed by atoms with E-state index in [0.29, 0.717) is 18.2 Å². The molecule has 1 aromatic carbocycles. The van der Waals surface area contributed by atoms with E-state index in [2.05, 4.69) is 10.3 Å². The van der Waals surface area contributed by atoms with Gasteiger partial charge in [-0.2, -0.15) is 13.2 Å². The van der Waals surface area contributed by atoms with Crippen LogP contribution in [0.2, 0.25) is 0 Å². The predicted molar refractivity (Wildman–Crippen MR) is 63.6 cm³/mol. The van der Waals surface area contributed by atoms with Gasteiger partial charge in [0.2, 0.25) is 0 Å². The number of amides is 1. The Morgan fingerprint density at radius 2 is 1.81 bits per heavy atom. The van der Waals surface area contributed by atoms with Gasteiger partial charge in [0.15, 0.2) is 0 Å². The Bertz CT molecular complexity index is 667. The van der Waals surface area contributed by atoms with Crippen molar-refractivity contribution in [1.82, 2.24) is 4.98 Å². The Morgan fingerprint density at radius 3 is 2.38 bits per heavy atom. The van der Waals surface area contributed by atoms with Gasteiger partial charge in [0.05, 0.1) is 17.3 Å². The van der Waals surface area contributed by atoms with Crippen molar-refractivity contribution in [2.75, 3.05) is 5.32 Å². The fourth-order valence-electron chi connectivity index (χ4n) is 1.51. The molecule has 0 bridgehead atoms. The van der Waals surface area contributed by atoms with Crippen LogP contribution in [-0.2, 0) is 6.18 Å². The van der Waals surface area contributed by atoms with Crippen LogP contribution in [0, 0.1) is 11.6 Å². The Hall–Kier alpha value is -2.51. The van der Waals surface area contributed by atoms with Gasteiger partial charge in [0, 0.05) is 0 Å². The molecule has 1 aromatic heterocycles. The summed E-state index contributed by atoms with van der Waals surface area (Å²) in [6.45, 7) is 0. The van der Waals surface area contributed by atoms with Gasteiger partial charge in [0.25, 0.3) is 5.91 Å². The van der Waals surface area contributed by atoms with Crippen LogP contribution in [0.1, 0.15) is 15.9 Å². The van der Waals surface area contributed by atoms with Crippen LogP contribution in [0.3, 0.4) is 0 Å². The predicted octanol–water partition coefficient (Wildman–Crippen LogP) is 3.63. The highest BCUT2D eigenvalue weighted by atomic mass is 19.4. The minimum Gasteiger partial charge on any atom is -0.306 e. The summed E-state index contributed by atoms with van der Waals surface area (Å²) < 4.78 is 63.7. The van der Waals surface area contributed by atoms with E-state index in [1.165, 1.54) is 0 Å². The van der Waals surface area contributed by atoms with Crippen molar-refractivity contribution in [3.05, 3.63) is 59.3 Å². The summed E-state index contributed by atoms with van der Waals surface area (Å²) in [5.74, 6) is -2.99. The molecular weight excluding hydrogens is 295 g/mol. The molecule has 3 nitrogen and oxygen atoms in total. The lowest BCUT2D eigenvalue weighted by molar-refractivity contribution is -0.137. The molecule has 0 saturated carbocycles. The second-order valence-corrected chi connectivity index (χ2v) is 4.01. The normalized spacial score (nSPS) is 11.3. The maximum absolute atomic E-state index is 13.5. The number of carbonyl (C=O) groups is 1. The Kier molecular flexibility index (Phi) is 3.88. The zero-order valence-corrected chi connectivity index (χ0v) is 10.2. The molecule has 0 atom stereocenters. The molecule has 0 saturated heterocycles. The maximum atomic E-state index is 13.5. The second kappa shape index (κ2) is 5.47. The van der Waals surface area contributed by atoms with Gasteiger partial charge in [-0.15, -0.1) is 0 Å². The summed E-state index contributed by atoms with van der Waals surface area (Å²) in [4.78, 5) is 15.2. The van der Waals surface area contributed by atoms with E-state index in [9.17, 15) is 26.7 Å². The van der Waals surface area contributed by atoms with Crippen molar-refractivity contribution in [3.63, 3.8) is 0 Å². The number of aromatic nitrogens is 1. The van der Waals surface area contributed by atoms with E-state index in [0.717, 1.165) is 18.3 Å². The number of hydrogen-bond donors (Lipinski definition) is 1. The molecule has 21 heavy (non-hydrogen) atoms. The van der Waals surface area contributed by atoms with Crippen LogP contribution in [0.25, 0.3) is 0 Å². The molecule has 1 heterocycles. The monoisotopic (exact) mass is 302 g/mol. The molecule has 2 aromatic rings. The molecule has 0 aliphatic rings. The average Bonchev–Trinajstić information content (AvgIpc) is 2.40. The van der Waals surface area contributed by atoms with Gasteiger partial charge < -0.3 is 5.32 Å². The number of rotatable bonds is 2. The third-order valence-corrected chi connectivity index (χ3v) is 2.51. The molecule has 8 heteroatoms. The average molecular weight is 302 g/mol. The van der Waals surface area contributed by atoms with Crippen molar-refractivity contribution >= 4 is 11.7 Å². The Labute approximate surface area is 115 Å². The van der Waals surface area contributed by atoms with Crippen LogP contribution in [0.5, 0.6) is 0 Å². The molecule has 1 amide bonds. The van der Waals surface area contributed by atoms with Crippen molar-refractivity contribution in [3.8, 4) is 0 Å². The standard InChI is InChI=1S/C13H7F5N2O/c14-8-2-4-11(19-6-8)20-12(21)9-5-7(13(16,17)18)1-3-10(9)15/h1-6H,(H,19,20,21). The van der Waals surface area contributed by atoms with Gasteiger partial charge >= 0.3 is 6.18 Å². The summed E-state index contributed by atoms with van der Waals surface area (Å²) in [5, 5.41) is 2.08. The van der Waals surface area contributed by atoms with Gasteiger partial charge in [-0.05, 0) is 30.3 Å². The van der Waals surface area contributed by atoms with Gasteiger partial charge in [-0.1, -0.05) is 0 Å². The van der Waals surface area contributed by atoms with E-state index < -0.39 is 34.8 Å². The number of benzene rings is 1. The van der Waals surface area contributed by atoms with E-state index in [4.69, 9.17) is 0 Å². The first-order valence-corrected chi connectivity index (χ1v) is 5.57. The van der Waals surface area contributed by atoms with Crippen molar-refractivity contribution in [2.24, 2.45) is 0 Å². The summed E-state index contributed by atoms with van der Waals surface area (Å²) in [6.07, 6.45) is -3.89. The van der Waals surface area contributed by atoms with E-state index in [1.54, 1.807) is 0 Å². The smallest absolute Gasteiger partial charge is 0.306 e. The number of carbonyl (C=O) groups excluding carboxylic acids is 1. The molecule has 0 radical (unpaired) electrons. The fourth-order valence-corrected chi connectivity index (χ4v) is 1.51. The Morgan fingerprint density at radius 1 is 1.10 bits per heavy atom. The summed E-state index contributed by atoms with van der Waals surface area (Å²) in [5.41, 5.74) is -1.93. The van der Waals surface area contributed by atoms with Crippen LogP contribution in [0.4, 0.5) is 27.8 Å². The highest BCUT2D eigenvalue weighted by Crippen LogP contribution is 2.30. The van der Waals surface area contributed by atoms with Crippen molar-refractivity contribution in [2.45, 2.75) is 6.18 Å². The van der Waals surface area contributed by atoms with Crippen LogP contribution < -0.4 is 5.32 Å². The van der Waals surface area contributed by atoms with Gasteiger partial charge in [-0.25, -0.2) is 13.8 Å². The van der Waals surface area contributed by atoms with Gasteiger partial charge in [-0.3, -0.25) is 4.79 Å². The lowest BCUT2D eigenvalue weighted by atomic mass is 10.1. The zero-order valence-electron chi connectivity index (χ0n) is 10.2. The lowest BCUT2D eigenvalue weighted by Gasteiger charge is -2.10. The molecule has 0 aliphatic heterocycles. The molecule has 1 N–H and O–H groups in total. The van der Waals surface area contributed by atoms with Gasteiger partial charge in [0.1, 0.15) is 17.5 Å². The molecule has 110 valence electrons. The molecule has 2 rings (SSSR count). The molecule has 0 aliphatic carbocycles. The first kappa shape index (κ1) is 14.9. The first-order valence-electron chi connectivity index (χ1n) is 5.57. The van der Waals surface area contributed by atoms with Crippen LogP contribution >= 0.6 is 0 Å². The number of hydrogen-bond acceptors (Lipinski definition) is 2. The third kappa shape index (κ3) is 3.53. The number of nitrogens with zero attached hydrogens (tertiary/aromatic N) is 1. The second-order valence-electron chi connectivity index (χ2n) is 4.01. The number of halogens is 5. The third-order valence-electron chi connectivity index (χ3n) is 2.51. The number of nitrogens with one attached hydrogen (secondary N) is 1. The van der Waals surface area contributed by atoms with Crippen LogP contribution in [-0.4, -0.2) is 10.9 Å². The minimum atomic E-state index is -4.70. The SMILES string of the molecule is O=C(Nc1ccc(F)cn1)c1cc(C(F)(F)F)ccc1F. The maximum Gasteiger partial charge on any atom is 0.416 e. The number of anilines is 1. The quantitative estimate of drug-likeness (QED) is 0.861. The van der Waals surface area contributed by atoms with Crippen molar-refractivity contribution in [1.29, 1.82) is 0 Å². The minimum absolute atomic E-state index is 0.113. The van der Waals surface area contributed by atoms with E-state index in [-0.39, 0.29) is 5.82 Å². The lowest BCUT2D eigenvalue weighted by Crippen LogP contribution is -2.16. The summed E-state index contributed by atoms with van der Waals surface area (Å²) in [6, 6.07) is 3.57. The summed E-state index contributed by atoms with van der Waals surface area (Å²) >= 11 is 0. The molecule has 0 unspecified atom stereocenters. The highest BCUT2D eigenvalue weighted by molar-refractivity contribution is 6.04. The van der Waals surface area contributed by atoms with E-state index >= 15 is 0 Å². The van der Waals surface area contributed by atoms with E-state index in [1.807, 2.05) is 0 Å². The summed E-state index contributed by atoms with van der Waals surface area (Å²) in [7, 11) is 0. The topological polar surface area (TPSA) is 42.0 Å². The largest absolute Gasteiger partial charge is 0.416 e. The number of alkyl halides is 3.